The van der Waals surface area contributed by atoms with E-state index in [-0.39, 0.29) is 11.4 Å². The summed E-state index contributed by atoms with van der Waals surface area (Å²) in [5.41, 5.74) is 1.49. The molecule has 1 amide bonds. The summed E-state index contributed by atoms with van der Waals surface area (Å²) in [6.07, 6.45) is 0.731. The van der Waals surface area contributed by atoms with Crippen molar-refractivity contribution in [2.24, 2.45) is 0 Å². The number of anilines is 1. The largest absolute Gasteiger partial charge is 0.299 e. The fraction of sp³-hybridized carbons (Fsp3) is 0.400. The lowest BCUT2D eigenvalue weighted by Crippen LogP contribution is -2.35. The van der Waals surface area contributed by atoms with Crippen LogP contribution in [0.3, 0.4) is 0 Å². The third-order valence-electron chi connectivity index (χ3n) is 3.41. The topological polar surface area (TPSA) is 92.3 Å². The van der Waals surface area contributed by atoms with Crippen LogP contribution < -0.4 is 5.32 Å². The van der Waals surface area contributed by atoms with E-state index in [0.29, 0.717) is 10.7 Å². The van der Waals surface area contributed by atoms with Gasteiger partial charge >= 0.3 is 0 Å². The molecule has 0 bridgehead atoms. The zero-order valence-electron chi connectivity index (χ0n) is 14.0. The van der Waals surface area contributed by atoms with Crippen molar-refractivity contribution in [1.29, 1.82) is 0 Å². The highest BCUT2D eigenvalue weighted by Gasteiger charge is 2.25. The number of hydrogen-bond donors (Lipinski definition) is 1. The van der Waals surface area contributed by atoms with E-state index in [9.17, 15) is 13.2 Å². The van der Waals surface area contributed by atoms with Crippen molar-refractivity contribution in [2.45, 2.75) is 32.1 Å². The maximum atomic E-state index is 12.7. The number of aryl methyl sites for hydroxylation is 3. The van der Waals surface area contributed by atoms with Crippen LogP contribution in [0.1, 0.15) is 23.1 Å². The minimum absolute atomic E-state index is 0.210. The molecular weight excluding hydrogens is 348 g/mol. The molecule has 0 unspecified atom stereocenters. The molecule has 0 spiro atoms. The molecule has 1 N–H and O–H groups in total. The quantitative estimate of drug-likeness (QED) is 0.842. The van der Waals surface area contributed by atoms with Gasteiger partial charge in [0.25, 0.3) is 0 Å². The number of carbonyl (C=O) groups is 1. The van der Waals surface area contributed by atoms with Gasteiger partial charge < -0.3 is 0 Å². The zero-order chi connectivity index (χ0) is 17.9. The number of benzene rings is 1. The van der Waals surface area contributed by atoms with Crippen molar-refractivity contribution in [2.75, 3.05) is 18.9 Å². The van der Waals surface area contributed by atoms with Crippen LogP contribution in [-0.2, 0) is 21.2 Å². The molecule has 0 aliphatic heterocycles. The van der Waals surface area contributed by atoms with Gasteiger partial charge in [-0.25, -0.2) is 8.42 Å². The Morgan fingerprint density at radius 1 is 1.29 bits per heavy atom. The summed E-state index contributed by atoms with van der Waals surface area (Å²) in [5, 5.41) is 11.5. The van der Waals surface area contributed by atoms with Gasteiger partial charge in [-0.2, -0.15) is 4.31 Å². The van der Waals surface area contributed by atoms with Gasteiger partial charge in [0.2, 0.25) is 21.1 Å². The number of amides is 1. The summed E-state index contributed by atoms with van der Waals surface area (Å²) in [5.74, 6) is -0.454. The third-order valence-corrected chi connectivity index (χ3v) is 6.34. The molecule has 2 aromatic rings. The number of nitrogens with one attached hydrogen (secondary N) is 1. The highest BCUT2D eigenvalue weighted by molar-refractivity contribution is 7.89. The third kappa shape index (κ3) is 4.16. The molecule has 24 heavy (non-hydrogen) atoms. The van der Waals surface area contributed by atoms with E-state index in [2.05, 4.69) is 15.5 Å². The average molecular weight is 368 g/mol. The van der Waals surface area contributed by atoms with Crippen molar-refractivity contribution in [3.05, 3.63) is 34.3 Å². The fourth-order valence-electron chi connectivity index (χ4n) is 2.05. The molecule has 9 heteroatoms. The monoisotopic (exact) mass is 368 g/mol. The Hall–Kier alpha value is -1.84. The lowest BCUT2D eigenvalue weighted by molar-refractivity contribution is -0.116. The van der Waals surface area contributed by atoms with Crippen LogP contribution >= 0.6 is 11.3 Å². The Labute approximate surface area is 145 Å². The molecule has 7 nitrogen and oxygen atoms in total. The molecular formula is C15H20N4O3S2. The number of carbonyl (C=O) groups excluding carboxylic acids is 1. The van der Waals surface area contributed by atoms with Gasteiger partial charge in [0, 0.05) is 7.05 Å². The first-order valence-corrected chi connectivity index (χ1v) is 9.65. The minimum atomic E-state index is -3.74. The van der Waals surface area contributed by atoms with E-state index in [1.165, 1.54) is 18.4 Å². The van der Waals surface area contributed by atoms with Crippen LogP contribution in [0.25, 0.3) is 0 Å². The van der Waals surface area contributed by atoms with E-state index in [1.807, 2.05) is 19.9 Å². The predicted octanol–water partition coefficient (Wildman–Crippen LogP) is 1.98. The van der Waals surface area contributed by atoms with Crippen molar-refractivity contribution in [3.8, 4) is 0 Å². The molecule has 1 aromatic heterocycles. The zero-order valence-corrected chi connectivity index (χ0v) is 15.7. The van der Waals surface area contributed by atoms with E-state index < -0.39 is 15.9 Å². The van der Waals surface area contributed by atoms with Crippen LogP contribution in [0.15, 0.2) is 23.1 Å². The van der Waals surface area contributed by atoms with E-state index in [4.69, 9.17) is 0 Å². The van der Waals surface area contributed by atoms with Crippen molar-refractivity contribution in [3.63, 3.8) is 0 Å². The Morgan fingerprint density at radius 2 is 2.00 bits per heavy atom. The molecule has 0 aliphatic carbocycles. The Balaban J connectivity index is 2.11. The lowest BCUT2D eigenvalue weighted by atomic mass is 10.2. The van der Waals surface area contributed by atoms with Crippen molar-refractivity contribution < 1.29 is 13.2 Å². The molecule has 0 aliphatic rings. The van der Waals surface area contributed by atoms with E-state index >= 15 is 0 Å². The van der Waals surface area contributed by atoms with Gasteiger partial charge in [-0.05, 0) is 37.5 Å². The number of aromatic nitrogens is 2. The first-order valence-electron chi connectivity index (χ1n) is 7.40. The Kier molecular flexibility index (Phi) is 5.68. The summed E-state index contributed by atoms with van der Waals surface area (Å²) < 4.78 is 26.4. The summed E-state index contributed by atoms with van der Waals surface area (Å²) in [7, 11) is -2.36. The van der Waals surface area contributed by atoms with Crippen LogP contribution in [0.4, 0.5) is 5.13 Å². The average Bonchev–Trinajstić information content (AvgIpc) is 2.96. The van der Waals surface area contributed by atoms with Gasteiger partial charge in [-0.3, -0.25) is 10.1 Å². The molecule has 0 atom stereocenters. The lowest BCUT2D eigenvalue weighted by Gasteiger charge is -2.18. The van der Waals surface area contributed by atoms with E-state index in [1.54, 1.807) is 19.1 Å². The first-order chi connectivity index (χ1) is 11.2. The van der Waals surface area contributed by atoms with Gasteiger partial charge in [0.1, 0.15) is 5.01 Å². The van der Waals surface area contributed by atoms with Gasteiger partial charge in [0.05, 0.1) is 11.4 Å². The standard InChI is InChI=1S/C15H20N4O3S2/c1-5-14-17-18-15(23-14)16-13(20)9-19(4)24(21,22)12-8-10(2)6-7-11(12)3/h6-8H,5,9H2,1-4H3,(H,16,18,20). The molecule has 130 valence electrons. The summed E-state index contributed by atoms with van der Waals surface area (Å²) >= 11 is 1.27. The smallest absolute Gasteiger partial charge is 0.243 e. The summed E-state index contributed by atoms with van der Waals surface area (Å²) in [4.78, 5) is 12.3. The van der Waals surface area contributed by atoms with Crippen LogP contribution in [0.2, 0.25) is 0 Å². The van der Waals surface area contributed by atoms with Gasteiger partial charge in [-0.15, -0.1) is 10.2 Å². The number of nitrogens with zero attached hydrogens (tertiary/aromatic N) is 3. The van der Waals surface area contributed by atoms with Gasteiger partial charge in [-0.1, -0.05) is 30.4 Å². The molecule has 0 saturated carbocycles. The fourth-order valence-corrected chi connectivity index (χ4v) is 4.17. The predicted molar refractivity (Wildman–Crippen MR) is 93.6 cm³/mol. The molecule has 0 saturated heterocycles. The second-order valence-corrected chi connectivity index (χ2v) is 8.51. The maximum Gasteiger partial charge on any atom is 0.243 e. The maximum absolute atomic E-state index is 12.7. The second kappa shape index (κ2) is 7.37. The van der Waals surface area contributed by atoms with Crippen molar-refractivity contribution >= 4 is 32.4 Å². The molecule has 0 fully saturated rings. The number of sulfonamides is 1. The minimum Gasteiger partial charge on any atom is -0.299 e. The summed E-state index contributed by atoms with van der Waals surface area (Å²) in [6.45, 7) is 5.20. The highest BCUT2D eigenvalue weighted by atomic mass is 32.2. The highest BCUT2D eigenvalue weighted by Crippen LogP contribution is 2.20. The van der Waals surface area contributed by atoms with E-state index in [0.717, 1.165) is 21.3 Å². The number of likely N-dealkylation sites (N-methyl/N-ethyl adjacent to an activating group) is 1. The molecule has 0 radical (unpaired) electrons. The van der Waals surface area contributed by atoms with Crippen LogP contribution in [0.5, 0.6) is 0 Å². The molecule has 1 heterocycles. The van der Waals surface area contributed by atoms with Gasteiger partial charge in [0.15, 0.2) is 0 Å². The molecule has 1 aromatic carbocycles. The normalized spacial score (nSPS) is 11.7. The molecule has 2 rings (SSSR count). The van der Waals surface area contributed by atoms with Crippen LogP contribution in [0, 0.1) is 13.8 Å². The Bertz CT molecular complexity index is 846. The van der Waals surface area contributed by atoms with Crippen molar-refractivity contribution in [1.82, 2.24) is 14.5 Å². The first kappa shape index (κ1) is 18.5. The SMILES string of the molecule is CCc1nnc(NC(=O)CN(C)S(=O)(=O)c2cc(C)ccc2C)s1. The Morgan fingerprint density at radius 3 is 2.62 bits per heavy atom. The summed E-state index contributed by atoms with van der Waals surface area (Å²) in [6, 6.07) is 5.21. The number of hydrogen-bond acceptors (Lipinski definition) is 6. The second-order valence-electron chi connectivity index (χ2n) is 5.43. The van der Waals surface area contributed by atoms with Crippen LogP contribution in [-0.4, -0.2) is 42.4 Å². The number of rotatable bonds is 6.